The van der Waals surface area contributed by atoms with Gasteiger partial charge >= 0.3 is 0 Å². The Morgan fingerprint density at radius 1 is 0.431 bits per heavy atom. The summed E-state index contributed by atoms with van der Waals surface area (Å²) in [6, 6.07) is 50.3. The Morgan fingerprint density at radius 2 is 0.845 bits per heavy atom. The fourth-order valence-electron chi connectivity index (χ4n) is 7.80. The predicted octanol–water partition coefficient (Wildman–Crippen LogP) is 12.8. The highest BCUT2D eigenvalue weighted by molar-refractivity contribution is 6.05. The van der Waals surface area contributed by atoms with Crippen molar-refractivity contribution in [2.24, 2.45) is 0 Å². The summed E-state index contributed by atoms with van der Waals surface area (Å²) in [6.07, 6.45) is 4.93. The van der Waals surface area contributed by atoms with E-state index in [9.17, 15) is 10.2 Å². The van der Waals surface area contributed by atoms with Crippen molar-refractivity contribution in [3.05, 3.63) is 180 Å². The Balaban J connectivity index is 1.13. The molecule has 278 valence electrons. The molecule has 0 aliphatic carbocycles. The molecular weight excluding hydrogens is 709 g/mol. The molecule has 1 heterocycles. The van der Waals surface area contributed by atoms with Crippen LogP contribution < -0.4 is 0 Å². The highest BCUT2D eigenvalue weighted by Gasteiger charge is 2.16. The van der Waals surface area contributed by atoms with Gasteiger partial charge in [-0.15, -0.1) is 0 Å². The Labute approximate surface area is 338 Å². The summed E-state index contributed by atoms with van der Waals surface area (Å²) in [5.74, 6) is 14.6. The Morgan fingerprint density at radius 3 is 1.26 bits per heavy atom. The first kappa shape index (κ1) is 36.3. The van der Waals surface area contributed by atoms with Gasteiger partial charge in [-0.25, -0.2) is 9.97 Å². The van der Waals surface area contributed by atoms with Gasteiger partial charge in [0.2, 0.25) is 0 Å². The summed E-state index contributed by atoms with van der Waals surface area (Å²) >= 11 is 0. The number of fused-ring (bicyclic) bond motifs is 4. The van der Waals surface area contributed by atoms with Gasteiger partial charge in [-0.1, -0.05) is 147 Å². The molecule has 4 heteroatoms. The zero-order chi connectivity index (χ0) is 39.4. The van der Waals surface area contributed by atoms with Crippen LogP contribution in [0.4, 0.5) is 0 Å². The number of benzene rings is 8. The third kappa shape index (κ3) is 7.33. The Hall–Kier alpha value is -7.40. The van der Waals surface area contributed by atoms with E-state index >= 15 is 0 Å². The van der Waals surface area contributed by atoms with Gasteiger partial charge in [0.1, 0.15) is 17.3 Å². The number of unbranched alkanes of at least 4 members (excludes halogenated alkanes) is 3. The number of hydrogen-bond donors (Lipinski definition) is 2. The van der Waals surface area contributed by atoms with Crippen LogP contribution in [0.15, 0.2) is 152 Å². The van der Waals surface area contributed by atoms with Gasteiger partial charge in [-0.2, -0.15) is 0 Å². The summed E-state index contributed by atoms with van der Waals surface area (Å²) in [6.45, 7) is 2.19. The lowest BCUT2D eigenvalue weighted by atomic mass is 9.96. The molecule has 8 aromatic carbocycles. The van der Waals surface area contributed by atoms with Gasteiger partial charge in [-0.3, -0.25) is 0 Å². The van der Waals surface area contributed by atoms with Crippen molar-refractivity contribution in [3.63, 3.8) is 0 Å². The van der Waals surface area contributed by atoms with E-state index in [-0.39, 0.29) is 11.5 Å². The molecule has 2 N–H and O–H groups in total. The zero-order valence-electron chi connectivity index (χ0n) is 32.3. The van der Waals surface area contributed by atoms with Crippen LogP contribution in [0.25, 0.3) is 65.6 Å². The molecule has 0 saturated heterocycles. The normalized spacial score (nSPS) is 11.1. The second kappa shape index (κ2) is 16.0. The molecule has 0 amide bonds. The molecule has 0 atom stereocenters. The van der Waals surface area contributed by atoms with Gasteiger partial charge in [0, 0.05) is 39.8 Å². The topological polar surface area (TPSA) is 66.2 Å². The maximum atomic E-state index is 11.3. The van der Waals surface area contributed by atoms with Crippen molar-refractivity contribution in [2.75, 3.05) is 0 Å². The number of rotatable bonds is 7. The van der Waals surface area contributed by atoms with E-state index < -0.39 is 0 Å². The van der Waals surface area contributed by atoms with E-state index in [1.54, 1.807) is 12.1 Å². The van der Waals surface area contributed by atoms with E-state index in [1.165, 1.54) is 0 Å². The molecule has 0 unspecified atom stereocenters. The number of phenols is 2. The second-order valence-electron chi connectivity index (χ2n) is 14.7. The molecule has 0 fully saturated rings. The minimum atomic E-state index is 0.0916. The average molecular weight is 749 g/mol. The number of aryl methyl sites for hydroxylation is 1. The van der Waals surface area contributed by atoms with Gasteiger partial charge in [0.25, 0.3) is 0 Å². The van der Waals surface area contributed by atoms with Crippen molar-refractivity contribution in [3.8, 4) is 57.7 Å². The fourth-order valence-corrected chi connectivity index (χ4v) is 7.80. The molecule has 1 aromatic heterocycles. The van der Waals surface area contributed by atoms with Crippen LogP contribution in [0.2, 0.25) is 0 Å². The van der Waals surface area contributed by atoms with Gasteiger partial charge < -0.3 is 10.2 Å². The molecule has 58 heavy (non-hydrogen) atoms. The lowest BCUT2D eigenvalue weighted by Crippen LogP contribution is -2.01. The zero-order valence-corrected chi connectivity index (χ0v) is 32.3. The molecule has 0 spiro atoms. The SMILES string of the molecule is CCCCCCc1nc(-c2cc(C#Cc3c4ccccc4cc4ccccc34)ccc2O)cc(-c2cc(C#Cc3c4ccccc4cc4ccccc34)ccc2O)n1. The van der Waals surface area contributed by atoms with E-state index in [1.807, 2.05) is 78.9 Å². The second-order valence-corrected chi connectivity index (χ2v) is 14.7. The average Bonchev–Trinajstić information content (AvgIpc) is 3.26. The first-order valence-electron chi connectivity index (χ1n) is 19.9. The largest absolute Gasteiger partial charge is 0.507 e. The van der Waals surface area contributed by atoms with Gasteiger partial charge in [0.15, 0.2) is 0 Å². The minimum Gasteiger partial charge on any atom is -0.507 e. The monoisotopic (exact) mass is 748 g/mol. The van der Waals surface area contributed by atoms with Crippen molar-refractivity contribution in [1.82, 2.24) is 9.97 Å². The first-order chi connectivity index (χ1) is 28.5. The summed E-state index contributed by atoms with van der Waals surface area (Å²) in [4.78, 5) is 9.97. The molecular formula is C54H40N2O2. The molecule has 0 aliphatic rings. The van der Waals surface area contributed by atoms with Crippen LogP contribution in [0.3, 0.4) is 0 Å². The summed E-state index contributed by atoms with van der Waals surface area (Å²) in [5.41, 5.74) is 5.64. The van der Waals surface area contributed by atoms with E-state index in [0.717, 1.165) is 91.0 Å². The number of phenolic OH excluding ortho intramolecular Hbond substituents is 2. The van der Waals surface area contributed by atoms with Crippen molar-refractivity contribution in [1.29, 1.82) is 0 Å². The molecule has 0 aliphatic heterocycles. The molecule has 9 aromatic rings. The van der Waals surface area contributed by atoms with Crippen molar-refractivity contribution in [2.45, 2.75) is 39.0 Å². The fraction of sp³-hybridized carbons (Fsp3) is 0.111. The minimum absolute atomic E-state index is 0.0916. The smallest absolute Gasteiger partial charge is 0.129 e. The Kier molecular flexibility index (Phi) is 9.99. The summed E-state index contributed by atoms with van der Waals surface area (Å²) in [5, 5.41) is 31.5. The quantitative estimate of drug-likeness (QED) is 0.0967. The first-order valence-corrected chi connectivity index (χ1v) is 19.9. The van der Waals surface area contributed by atoms with Crippen LogP contribution >= 0.6 is 0 Å². The molecule has 9 rings (SSSR count). The van der Waals surface area contributed by atoms with E-state index in [0.29, 0.717) is 34.8 Å². The van der Waals surface area contributed by atoms with Crippen LogP contribution in [0.5, 0.6) is 11.5 Å². The standard InChI is InChI=1S/C54H40N2O2/c1-2-3-4-5-22-54-55-50(48-31-36(25-29-52(48)57)23-27-46-42-18-10-6-14-38(42)33-39-15-7-11-19-43(39)46)35-51(56-54)49-32-37(26-30-53(49)58)24-28-47-44-20-12-8-16-40(44)34-41-17-9-13-21-45(41)47/h6-21,25-26,29-35,57-58H,2-5,22H2,1H3. The third-order valence-corrected chi connectivity index (χ3v) is 10.8. The van der Waals surface area contributed by atoms with Crippen molar-refractivity contribution < 1.29 is 10.2 Å². The lowest BCUT2D eigenvalue weighted by molar-refractivity contribution is 0.477. The number of aromatic hydroxyl groups is 2. The van der Waals surface area contributed by atoms with Gasteiger partial charge in [0.05, 0.1) is 11.4 Å². The van der Waals surface area contributed by atoms with E-state index in [4.69, 9.17) is 9.97 Å². The molecule has 0 radical (unpaired) electrons. The molecule has 0 saturated carbocycles. The van der Waals surface area contributed by atoms with Crippen LogP contribution in [-0.2, 0) is 6.42 Å². The maximum Gasteiger partial charge on any atom is 0.129 e. The number of nitrogens with zero attached hydrogens (tertiary/aromatic N) is 2. The third-order valence-electron chi connectivity index (χ3n) is 10.8. The number of aromatic nitrogens is 2. The predicted molar refractivity (Wildman–Crippen MR) is 239 cm³/mol. The summed E-state index contributed by atoms with van der Waals surface area (Å²) in [7, 11) is 0. The Bertz CT molecular complexity index is 2850. The summed E-state index contributed by atoms with van der Waals surface area (Å²) < 4.78 is 0. The highest BCUT2D eigenvalue weighted by Crippen LogP contribution is 2.35. The van der Waals surface area contributed by atoms with Crippen LogP contribution in [0.1, 0.15) is 60.7 Å². The number of hydrogen-bond acceptors (Lipinski definition) is 4. The molecule has 4 nitrogen and oxygen atoms in total. The molecule has 0 bridgehead atoms. The van der Waals surface area contributed by atoms with E-state index in [2.05, 4.69) is 91.3 Å². The van der Waals surface area contributed by atoms with Crippen LogP contribution in [-0.4, -0.2) is 20.2 Å². The van der Waals surface area contributed by atoms with Gasteiger partial charge in [-0.05, 0) is 104 Å². The highest BCUT2D eigenvalue weighted by atomic mass is 16.3. The maximum absolute atomic E-state index is 11.3. The lowest BCUT2D eigenvalue weighted by Gasteiger charge is -2.12. The van der Waals surface area contributed by atoms with Crippen molar-refractivity contribution >= 4 is 43.1 Å². The van der Waals surface area contributed by atoms with Crippen LogP contribution in [0, 0.1) is 23.7 Å².